The van der Waals surface area contributed by atoms with Crippen molar-refractivity contribution in [1.29, 1.82) is 0 Å². The summed E-state index contributed by atoms with van der Waals surface area (Å²) in [6.07, 6.45) is 3.95. The van der Waals surface area contributed by atoms with Crippen LogP contribution in [0.1, 0.15) is 5.56 Å². The van der Waals surface area contributed by atoms with Crippen molar-refractivity contribution in [2.75, 3.05) is 7.11 Å². The molecule has 0 amide bonds. The fourth-order valence-electron chi connectivity index (χ4n) is 1.22. The van der Waals surface area contributed by atoms with Crippen LogP contribution >= 0.6 is 0 Å². The van der Waals surface area contributed by atoms with E-state index in [1.165, 1.54) is 18.7 Å². The first-order chi connectivity index (χ1) is 7.79. The van der Waals surface area contributed by atoms with Gasteiger partial charge in [-0.2, -0.15) is 14.2 Å². The van der Waals surface area contributed by atoms with Gasteiger partial charge in [0.1, 0.15) is 18.4 Å². The second-order valence-corrected chi connectivity index (χ2v) is 3.08. The quantitative estimate of drug-likeness (QED) is 0.794. The van der Waals surface area contributed by atoms with Gasteiger partial charge in [0.2, 0.25) is 5.95 Å². The predicted molar refractivity (Wildman–Crippen MR) is 58.3 cm³/mol. The number of rotatable bonds is 3. The minimum absolute atomic E-state index is 0.484. The lowest BCUT2D eigenvalue weighted by Gasteiger charge is -2.00. The maximum Gasteiger partial charge on any atom is 0.216 e. The number of nitrogens with zero attached hydrogens (tertiary/aromatic N) is 3. The summed E-state index contributed by atoms with van der Waals surface area (Å²) in [4.78, 5) is 3.66. The number of halogens is 1. The zero-order valence-electron chi connectivity index (χ0n) is 8.67. The molecule has 16 heavy (non-hydrogen) atoms. The third-order valence-electron chi connectivity index (χ3n) is 2.04. The highest BCUT2D eigenvalue weighted by Gasteiger charge is 1.99. The van der Waals surface area contributed by atoms with Crippen LogP contribution in [-0.2, 0) is 0 Å². The van der Waals surface area contributed by atoms with Crippen molar-refractivity contribution in [3.05, 3.63) is 42.5 Å². The molecular weight excluding hydrogens is 209 g/mol. The first-order valence-corrected chi connectivity index (χ1v) is 4.66. The molecule has 1 aromatic heterocycles. The third-order valence-corrected chi connectivity index (χ3v) is 2.04. The van der Waals surface area contributed by atoms with Gasteiger partial charge in [-0.3, -0.25) is 0 Å². The van der Waals surface area contributed by atoms with Gasteiger partial charge >= 0.3 is 0 Å². The van der Waals surface area contributed by atoms with Crippen molar-refractivity contribution < 1.29 is 9.13 Å². The minimum Gasteiger partial charge on any atom is -0.497 e. The molecule has 0 spiro atoms. The largest absolute Gasteiger partial charge is 0.497 e. The normalized spacial score (nSPS) is 11.5. The minimum atomic E-state index is -0.484. The van der Waals surface area contributed by atoms with E-state index >= 15 is 0 Å². The Morgan fingerprint density at radius 1 is 1.38 bits per heavy atom. The summed E-state index contributed by atoms with van der Waals surface area (Å²) in [5, 5.41) is 3.68. The molecule has 0 N–H and O–H groups in total. The van der Waals surface area contributed by atoms with E-state index in [0.717, 1.165) is 16.0 Å². The number of methoxy groups -OCH3 is 1. The lowest BCUT2D eigenvalue weighted by molar-refractivity contribution is 0.415. The summed E-state index contributed by atoms with van der Waals surface area (Å²) in [6, 6.07) is 7.05. The number of benzene rings is 1. The van der Waals surface area contributed by atoms with Gasteiger partial charge in [0.25, 0.3) is 0 Å². The number of hydrogen-bond donors (Lipinski definition) is 0. The monoisotopic (exact) mass is 219 g/mol. The third kappa shape index (κ3) is 2.25. The van der Waals surface area contributed by atoms with Crippen molar-refractivity contribution in [2.24, 2.45) is 0 Å². The van der Waals surface area contributed by atoms with Crippen LogP contribution in [0.25, 0.3) is 12.0 Å². The number of ether oxygens (including phenoxy) is 1. The number of hydrogen-bond acceptors (Lipinski definition) is 3. The highest BCUT2D eigenvalue weighted by Crippen LogP contribution is 2.15. The molecule has 1 aromatic carbocycles. The van der Waals surface area contributed by atoms with Gasteiger partial charge in [-0.1, -0.05) is 12.1 Å². The Hall–Kier alpha value is -2.17. The molecule has 0 fully saturated rings. The molecular formula is C11H10FN3O. The summed E-state index contributed by atoms with van der Waals surface area (Å²) < 4.78 is 19.6. The predicted octanol–water partition coefficient (Wildman–Crippen LogP) is 2.21. The van der Waals surface area contributed by atoms with Crippen molar-refractivity contribution in [3.8, 4) is 5.75 Å². The highest BCUT2D eigenvalue weighted by molar-refractivity contribution is 5.66. The first-order valence-electron chi connectivity index (χ1n) is 4.66. The van der Waals surface area contributed by atoms with Gasteiger partial charge < -0.3 is 4.74 Å². The SMILES string of the molecule is COc1ccc(/C=C(/F)n2cncn2)cc1. The molecule has 0 bridgehead atoms. The molecule has 0 aliphatic heterocycles. The van der Waals surface area contributed by atoms with E-state index < -0.39 is 5.95 Å². The molecule has 0 radical (unpaired) electrons. The van der Waals surface area contributed by atoms with E-state index in [9.17, 15) is 4.39 Å². The van der Waals surface area contributed by atoms with Crippen LogP contribution in [0.3, 0.4) is 0 Å². The molecule has 5 heteroatoms. The summed E-state index contributed by atoms with van der Waals surface area (Å²) in [7, 11) is 1.58. The van der Waals surface area contributed by atoms with Crippen LogP contribution in [-0.4, -0.2) is 21.9 Å². The van der Waals surface area contributed by atoms with Crippen molar-refractivity contribution in [3.63, 3.8) is 0 Å². The molecule has 4 nitrogen and oxygen atoms in total. The van der Waals surface area contributed by atoms with Crippen LogP contribution in [0.5, 0.6) is 5.75 Å². The Morgan fingerprint density at radius 3 is 2.69 bits per heavy atom. The Morgan fingerprint density at radius 2 is 2.12 bits per heavy atom. The Labute approximate surface area is 92.0 Å². The maximum atomic E-state index is 13.5. The molecule has 0 saturated heterocycles. The van der Waals surface area contributed by atoms with Gasteiger partial charge in [0.15, 0.2) is 0 Å². The smallest absolute Gasteiger partial charge is 0.216 e. The van der Waals surface area contributed by atoms with E-state index in [-0.39, 0.29) is 0 Å². The fraction of sp³-hybridized carbons (Fsp3) is 0.0909. The standard InChI is InChI=1S/C11H10FN3O/c1-16-10-4-2-9(3-5-10)6-11(12)15-8-13-7-14-15/h2-8H,1H3/b11-6-. The van der Waals surface area contributed by atoms with Gasteiger partial charge in [-0.15, -0.1) is 0 Å². The molecule has 82 valence electrons. The van der Waals surface area contributed by atoms with Crippen LogP contribution in [0.15, 0.2) is 36.9 Å². The molecule has 0 unspecified atom stereocenters. The van der Waals surface area contributed by atoms with Crippen LogP contribution in [0, 0.1) is 0 Å². The highest BCUT2D eigenvalue weighted by atomic mass is 19.1. The lowest BCUT2D eigenvalue weighted by atomic mass is 10.2. The first kappa shape index (κ1) is 10.4. The zero-order chi connectivity index (χ0) is 11.4. The average Bonchev–Trinajstić information content (AvgIpc) is 2.83. The lowest BCUT2D eigenvalue weighted by Crippen LogP contribution is -1.91. The van der Waals surface area contributed by atoms with Gasteiger partial charge in [0.05, 0.1) is 7.11 Å². The second-order valence-electron chi connectivity index (χ2n) is 3.08. The molecule has 0 aliphatic rings. The van der Waals surface area contributed by atoms with E-state index in [0.29, 0.717) is 0 Å². The van der Waals surface area contributed by atoms with Crippen molar-refractivity contribution in [1.82, 2.24) is 14.8 Å². The summed E-state index contributed by atoms with van der Waals surface area (Å²) in [5.41, 5.74) is 0.730. The summed E-state index contributed by atoms with van der Waals surface area (Å²) >= 11 is 0. The van der Waals surface area contributed by atoms with Gasteiger partial charge in [-0.05, 0) is 17.7 Å². The van der Waals surface area contributed by atoms with Crippen LogP contribution in [0.2, 0.25) is 0 Å². The van der Waals surface area contributed by atoms with Crippen LogP contribution < -0.4 is 4.74 Å². The summed E-state index contributed by atoms with van der Waals surface area (Å²) in [5.74, 6) is 0.251. The van der Waals surface area contributed by atoms with Crippen molar-refractivity contribution in [2.45, 2.75) is 0 Å². The molecule has 2 rings (SSSR count). The molecule has 2 aromatic rings. The van der Waals surface area contributed by atoms with Gasteiger partial charge in [0, 0.05) is 6.08 Å². The molecule has 1 heterocycles. The zero-order valence-corrected chi connectivity index (χ0v) is 8.67. The Kier molecular flexibility index (Phi) is 2.95. The maximum absolute atomic E-state index is 13.5. The average molecular weight is 219 g/mol. The van der Waals surface area contributed by atoms with E-state index in [2.05, 4.69) is 10.1 Å². The van der Waals surface area contributed by atoms with E-state index in [1.807, 2.05) is 0 Å². The van der Waals surface area contributed by atoms with Crippen LogP contribution in [0.4, 0.5) is 4.39 Å². The van der Waals surface area contributed by atoms with E-state index in [1.54, 1.807) is 31.4 Å². The second kappa shape index (κ2) is 4.57. The summed E-state index contributed by atoms with van der Waals surface area (Å²) in [6.45, 7) is 0. The van der Waals surface area contributed by atoms with Gasteiger partial charge in [-0.25, -0.2) is 4.98 Å². The Balaban J connectivity index is 2.22. The Bertz CT molecular complexity index is 476. The number of aromatic nitrogens is 3. The van der Waals surface area contributed by atoms with Crippen molar-refractivity contribution >= 4 is 12.0 Å². The molecule has 0 atom stereocenters. The molecule has 0 aliphatic carbocycles. The topological polar surface area (TPSA) is 39.9 Å². The van der Waals surface area contributed by atoms with E-state index in [4.69, 9.17) is 4.74 Å². The fourth-order valence-corrected chi connectivity index (χ4v) is 1.22. The molecule has 0 saturated carbocycles.